The highest BCUT2D eigenvalue weighted by Gasteiger charge is 2.17. The van der Waals surface area contributed by atoms with Crippen LogP contribution < -0.4 is 5.32 Å². The number of nitrogens with one attached hydrogen (secondary N) is 1. The van der Waals surface area contributed by atoms with E-state index in [-0.39, 0.29) is 0 Å². The maximum absolute atomic E-state index is 3.65. The average Bonchev–Trinajstić information content (AvgIpc) is 2.78. The third kappa shape index (κ3) is 7.08. The zero-order valence-corrected chi connectivity index (χ0v) is 12.3. The molecular weight excluding hydrogens is 206 g/mol. The first-order chi connectivity index (χ1) is 8.22. The molecule has 102 valence electrons. The van der Waals surface area contributed by atoms with Gasteiger partial charge in [0.05, 0.1) is 0 Å². The monoisotopic (exact) mass is 239 g/mol. The first-order valence-electron chi connectivity index (χ1n) is 7.93. The van der Waals surface area contributed by atoms with Crippen molar-refractivity contribution in [2.24, 2.45) is 17.8 Å². The van der Waals surface area contributed by atoms with Crippen molar-refractivity contribution in [1.29, 1.82) is 0 Å². The number of hydrogen-bond acceptors (Lipinski definition) is 1. The van der Waals surface area contributed by atoms with Gasteiger partial charge in [-0.2, -0.15) is 0 Å². The van der Waals surface area contributed by atoms with E-state index in [1.54, 1.807) is 0 Å². The summed E-state index contributed by atoms with van der Waals surface area (Å²) in [6.07, 6.45) is 11.7. The molecule has 0 radical (unpaired) electrons. The maximum Gasteiger partial charge on any atom is -0.00204 e. The molecule has 1 aliphatic carbocycles. The highest BCUT2D eigenvalue weighted by Crippen LogP contribution is 2.30. The molecule has 0 spiro atoms. The summed E-state index contributed by atoms with van der Waals surface area (Å²) in [5.41, 5.74) is 0. The van der Waals surface area contributed by atoms with Crippen LogP contribution in [-0.2, 0) is 0 Å². The van der Waals surface area contributed by atoms with Crippen molar-refractivity contribution < 1.29 is 0 Å². The Morgan fingerprint density at radius 2 is 1.76 bits per heavy atom. The van der Waals surface area contributed by atoms with E-state index in [0.29, 0.717) is 0 Å². The van der Waals surface area contributed by atoms with E-state index in [2.05, 4.69) is 26.1 Å². The minimum absolute atomic E-state index is 0.784. The Morgan fingerprint density at radius 3 is 2.35 bits per heavy atom. The molecular formula is C16H33N. The molecule has 1 atom stereocenters. The summed E-state index contributed by atoms with van der Waals surface area (Å²) in [7, 11) is 0. The molecule has 1 unspecified atom stereocenters. The summed E-state index contributed by atoms with van der Waals surface area (Å²) in [5, 5.41) is 3.65. The predicted molar refractivity (Wildman–Crippen MR) is 77.3 cm³/mol. The predicted octanol–water partition coefficient (Wildman–Crippen LogP) is 4.62. The van der Waals surface area contributed by atoms with Crippen molar-refractivity contribution in [3.63, 3.8) is 0 Å². The van der Waals surface area contributed by atoms with Crippen molar-refractivity contribution in [2.45, 2.75) is 72.1 Å². The first kappa shape index (κ1) is 15.0. The Kier molecular flexibility index (Phi) is 7.92. The van der Waals surface area contributed by atoms with Crippen LogP contribution in [0, 0.1) is 17.8 Å². The summed E-state index contributed by atoms with van der Waals surface area (Å²) in [6, 6.07) is 0. The molecule has 0 aromatic heterocycles. The molecule has 17 heavy (non-hydrogen) atoms. The van der Waals surface area contributed by atoms with E-state index in [9.17, 15) is 0 Å². The molecule has 0 aromatic rings. The van der Waals surface area contributed by atoms with E-state index < -0.39 is 0 Å². The van der Waals surface area contributed by atoms with Gasteiger partial charge in [0, 0.05) is 0 Å². The zero-order valence-electron chi connectivity index (χ0n) is 12.3. The second-order valence-corrected chi connectivity index (χ2v) is 6.43. The number of hydrogen-bond donors (Lipinski definition) is 1. The van der Waals surface area contributed by atoms with E-state index in [1.165, 1.54) is 64.5 Å². The molecule has 1 N–H and O–H groups in total. The highest BCUT2D eigenvalue weighted by atomic mass is 14.9. The molecule has 1 fully saturated rings. The second kappa shape index (κ2) is 8.97. The maximum atomic E-state index is 3.65. The highest BCUT2D eigenvalue weighted by molar-refractivity contribution is 4.71. The lowest BCUT2D eigenvalue weighted by Crippen LogP contribution is -2.26. The van der Waals surface area contributed by atoms with Gasteiger partial charge in [-0.15, -0.1) is 0 Å². The van der Waals surface area contributed by atoms with Crippen LogP contribution in [0.15, 0.2) is 0 Å². The van der Waals surface area contributed by atoms with Gasteiger partial charge < -0.3 is 5.32 Å². The standard InChI is InChI=1S/C16H33N/c1-4-7-16(13-17-12-14(2)3)11-10-15-8-5-6-9-15/h14-17H,4-13H2,1-3H3. The summed E-state index contributed by atoms with van der Waals surface area (Å²) < 4.78 is 0. The average molecular weight is 239 g/mol. The molecule has 1 nitrogen and oxygen atoms in total. The van der Waals surface area contributed by atoms with Crippen molar-refractivity contribution in [2.75, 3.05) is 13.1 Å². The van der Waals surface area contributed by atoms with Crippen LogP contribution in [0.4, 0.5) is 0 Å². The van der Waals surface area contributed by atoms with Crippen molar-refractivity contribution in [3.05, 3.63) is 0 Å². The van der Waals surface area contributed by atoms with Gasteiger partial charge in [0.15, 0.2) is 0 Å². The fourth-order valence-electron chi connectivity index (χ4n) is 3.10. The molecule has 0 aromatic carbocycles. The van der Waals surface area contributed by atoms with Gasteiger partial charge in [0.25, 0.3) is 0 Å². The topological polar surface area (TPSA) is 12.0 Å². The molecule has 1 aliphatic rings. The second-order valence-electron chi connectivity index (χ2n) is 6.43. The van der Waals surface area contributed by atoms with Crippen molar-refractivity contribution in [1.82, 2.24) is 5.32 Å². The van der Waals surface area contributed by atoms with Gasteiger partial charge in [-0.05, 0) is 43.7 Å². The Balaban J connectivity index is 2.12. The third-order valence-electron chi connectivity index (χ3n) is 4.14. The van der Waals surface area contributed by atoms with Crippen LogP contribution in [0.25, 0.3) is 0 Å². The lowest BCUT2D eigenvalue weighted by Gasteiger charge is -2.19. The Morgan fingerprint density at radius 1 is 1.06 bits per heavy atom. The summed E-state index contributed by atoms with van der Waals surface area (Å²) in [6.45, 7) is 9.34. The Bertz CT molecular complexity index is 170. The molecule has 0 amide bonds. The normalized spacial score (nSPS) is 19.1. The molecule has 0 bridgehead atoms. The molecule has 0 saturated heterocycles. The van der Waals surface area contributed by atoms with Crippen LogP contribution in [0.1, 0.15) is 72.1 Å². The van der Waals surface area contributed by atoms with Crippen LogP contribution in [0.2, 0.25) is 0 Å². The lowest BCUT2D eigenvalue weighted by atomic mass is 9.92. The quantitative estimate of drug-likeness (QED) is 0.619. The fraction of sp³-hybridized carbons (Fsp3) is 1.00. The summed E-state index contributed by atoms with van der Waals surface area (Å²) in [4.78, 5) is 0. The fourth-order valence-corrected chi connectivity index (χ4v) is 3.10. The van der Waals surface area contributed by atoms with Crippen LogP contribution in [0.5, 0.6) is 0 Å². The van der Waals surface area contributed by atoms with Crippen LogP contribution in [-0.4, -0.2) is 13.1 Å². The summed E-state index contributed by atoms with van der Waals surface area (Å²) >= 11 is 0. The minimum atomic E-state index is 0.784. The molecule has 1 rings (SSSR count). The SMILES string of the molecule is CCCC(CCC1CCCC1)CNCC(C)C. The number of rotatable bonds is 9. The smallest absolute Gasteiger partial charge is 0.00204 e. The molecule has 1 saturated carbocycles. The van der Waals surface area contributed by atoms with Gasteiger partial charge in [0.2, 0.25) is 0 Å². The minimum Gasteiger partial charge on any atom is -0.316 e. The van der Waals surface area contributed by atoms with Gasteiger partial charge in [0.1, 0.15) is 0 Å². The van der Waals surface area contributed by atoms with Crippen molar-refractivity contribution >= 4 is 0 Å². The van der Waals surface area contributed by atoms with Gasteiger partial charge >= 0.3 is 0 Å². The molecule has 0 aliphatic heterocycles. The molecule has 1 heteroatoms. The summed E-state index contributed by atoms with van der Waals surface area (Å²) in [5.74, 6) is 2.78. The van der Waals surface area contributed by atoms with Crippen LogP contribution >= 0.6 is 0 Å². The third-order valence-corrected chi connectivity index (χ3v) is 4.14. The van der Waals surface area contributed by atoms with Gasteiger partial charge in [-0.25, -0.2) is 0 Å². The largest absolute Gasteiger partial charge is 0.316 e. The first-order valence-corrected chi connectivity index (χ1v) is 7.93. The zero-order chi connectivity index (χ0) is 12.5. The van der Waals surface area contributed by atoms with Crippen molar-refractivity contribution in [3.8, 4) is 0 Å². The van der Waals surface area contributed by atoms with E-state index >= 15 is 0 Å². The molecule has 0 heterocycles. The van der Waals surface area contributed by atoms with Crippen LogP contribution in [0.3, 0.4) is 0 Å². The van der Waals surface area contributed by atoms with E-state index in [1.807, 2.05) is 0 Å². The van der Waals surface area contributed by atoms with E-state index in [0.717, 1.165) is 17.8 Å². The Labute approximate surface area is 109 Å². The Hall–Kier alpha value is -0.0400. The van der Waals surface area contributed by atoms with E-state index in [4.69, 9.17) is 0 Å². The lowest BCUT2D eigenvalue weighted by molar-refractivity contribution is 0.355. The van der Waals surface area contributed by atoms with Gasteiger partial charge in [-0.3, -0.25) is 0 Å². The van der Waals surface area contributed by atoms with Gasteiger partial charge in [-0.1, -0.05) is 59.3 Å².